The van der Waals surface area contributed by atoms with Crippen molar-refractivity contribution in [3.63, 3.8) is 0 Å². The normalized spacial score (nSPS) is 15.1. The lowest BCUT2D eigenvalue weighted by atomic mass is 10.2. The Balaban J connectivity index is 1.84. The van der Waals surface area contributed by atoms with Gasteiger partial charge in [-0.2, -0.15) is 0 Å². The van der Waals surface area contributed by atoms with Crippen molar-refractivity contribution in [3.05, 3.63) is 16.3 Å². The number of hydrogen-bond acceptors (Lipinski definition) is 4. The number of rotatable bonds is 6. The van der Waals surface area contributed by atoms with Crippen LogP contribution >= 0.6 is 0 Å². The third kappa shape index (κ3) is 2.71. The summed E-state index contributed by atoms with van der Waals surface area (Å²) in [6.07, 6.45) is 6.39. The third-order valence-corrected chi connectivity index (χ3v) is 2.78. The zero-order valence-corrected chi connectivity index (χ0v) is 9.35. The Bertz CT molecular complexity index is 384. The van der Waals surface area contributed by atoms with Crippen molar-refractivity contribution in [1.29, 1.82) is 0 Å². The van der Waals surface area contributed by atoms with Crippen LogP contribution in [0.3, 0.4) is 0 Å². The van der Waals surface area contributed by atoms with Crippen molar-refractivity contribution in [2.45, 2.75) is 25.7 Å². The molecule has 2 rings (SSSR count). The minimum atomic E-state index is -0.407. The van der Waals surface area contributed by atoms with Gasteiger partial charge in [0.05, 0.1) is 4.92 Å². The monoisotopic (exact) mass is 224 g/mol. The van der Waals surface area contributed by atoms with Crippen molar-refractivity contribution in [2.24, 2.45) is 13.0 Å². The molecule has 1 fully saturated rings. The molecular weight excluding hydrogens is 208 g/mol. The van der Waals surface area contributed by atoms with Gasteiger partial charge in [-0.15, -0.1) is 5.10 Å². The molecule has 1 heterocycles. The van der Waals surface area contributed by atoms with E-state index in [9.17, 15) is 10.1 Å². The first-order valence-corrected chi connectivity index (χ1v) is 5.58. The lowest BCUT2D eigenvalue weighted by Gasteiger charge is -2.01. The SMILES string of the molecule is Cn1cc([N+](=O)[O-])c(NCCCC2CC2)n1. The molecule has 0 aromatic carbocycles. The van der Waals surface area contributed by atoms with Gasteiger partial charge in [0.15, 0.2) is 0 Å². The fourth-order valence-electron chi connectivity index (χ4n) is 1.74. The van der Waals surface area contributed by atoms with Crippen molar-refractivity contribution in [2.75, 3.05) is 11.9 Å². The first-order valence-electron chi connectivity index (χ1n) is 5.58. The lowest BCUT2D eigenvalue weighted by Crippen LogP contribution is -2.04. The molecule has 16 heavy (non-hydrogen) atoms. The van der Waals surface area contributed by atoms with E-state index in [2.05, 4.69) is 10.4 Å². The van der Waals surface area contributed by atoms with Gasteiger partial charge < -0.3 is 5.32 Å². The third-order valence-electron chi connectivity index (χ3n) is 2.78. The second-order valence-corrected chi connectivity index (χ2v) is 4.31. The zero-order chi connectivity index (χ0) is 11.5. The van der Waals surface area contributed by atoms with E-state index in [0.717, 1.165) is 18.9 Å². The number of hydrogen-bond donors (Lipinski definition) is 1. The predicted octanol–water partition coefficient (Wildman–Crippen LogP) is 1.93. The second kappa shape index (κ2) is 4.51. The smallest absolute Gasteiger partial charge is 0.330 e. The van der Waals surface area contributed by atoms with Crippen LogP contribution in [0.2, 0.25) is 0 Å². The van der Waals surface area contributed by atoms with Crippen LogP contribution in [0, 0.1) is 16.0 Å². The maximum atomic E-state index is 10.7. The van der Waals surface area contributed by atoms with E-state index in [1.807, 2.05) is 0 Å². The number of aromatic nitrogens is 2. The molecule has 0 aliphatic heterocycles. The maximum Gasteiger partial charge on any atom is 0.330 e. The summed E-state index contributed by atoms with van der Waals surface area (Å²) in [5, 5.41) is 17.8. The van der Waals surface area contributed by atoms with Crippen molar-refractivity contribution in [1.82, 2.24) is 9.78 Å². The highest BCUT2D eigenvalue weighted by molar-refractivity contribution is 5.54. The van der Waals surface area contributed by atoms with Crippen LogP contribution in [0.25, 0.3) is 0 Å². The van der Waals surface area contributed by atoms with E-state index >= 15 is 0 Å². The van der Waals surface area contributed by atoms with Crippen molar-refractivity contribution >= 4 is 11.5 Å². The molecule has 0 unspecified atom stereocenters. The molecule has 1 saturated carbocycles. The van der Waals surface area contributed by atoms with Crippen molar-refractivity contribution in [3.8, 4) is 0 Å². The molecule has 1 aliphatic rings. The standard InChI is InChI=1S/C10H16N4O2/c1-13-7-9(14(15)16)10(12-13)11-6-2-3-8-4-5-8/h7-8H,2-6H2,1H3,(H,11,12). The van der Waals surface area contributed by atoms with Gasteiger partial charge >= 0.3 is 5.69 Å². The minimum Gasteiger partial charge on any atom is -0.363 e. The average Bonchev–Trinajstić information content (AvgIpc) is 2.96. The van der Waals surface area contributed by atoms with Gasteiger partial charge in [-0.1, -0.05) is 12.8 Å². The van der Waals surface area contributed by atoms with E-state index in [0.29, 0.717) is 5.82 Å². The molecule has 0 saturated heterocycles. The van der Waals surface area contributed by atoms with Gasteiger partial charge in [0.25, 0.3) is 0 Å². The van der Waals surface area contributed by atoms with Gasteiger partial charge in [0, 0.05) is 13.6 Å². The van der Waals surface area contributed by atoms with Gasteiger partial charge in [-0.3, -0.25) is 14.8 Å². The summed E-state index contributed by atoms with van der Waals surface area (Å²) in [5.74, 6) is 1.28. The molecule has 0 atom stereocenters. The summed E-state index contributed by atoms with van der Waals surface area (Å²) in [4.78, 5) is 10.3. The molecule has 1 aromatic heterocycles. The highest BCUT2D eigenvalue weighted by atomic mass is 16.6. The molecule has 1 aliphatic carbocycles. The van der Waals surface area contributed by atoms with Crippen LogP contribution in [0.15, 0.2) is 6.20 Å². The van der Waals surface area contributed by atoms with E-state index in [1.54, 1.807) is 7.05 Å². The summed E-state index contributed by atoms with van der Waals surface area (Å²) in [5.41, 5.74) is 0.0499. The van der Waals surface area contributed by atoms with Crippen LogP contribution in [0.5, 0.6) is 0 Å². The first-order chi connectivity index (χ1) is 7.66. The largest absolute Gasteiger partial charge is 0.363 e. The Hall–Kier alpha value is -1.59. The van der Waals surface area contributed by atoms with Gasteiger partial charge in [0.1, 0.15) is 6.20 Å². The van der Waals surface area contributed by atoms with E-state index < -0.39 is 4.92 Å². The molecule has 0 spiro atoms. The van der Waals surface area contributed by atoms with Crippen molar-refractivity contribution < 1.29 is 4.92 Å². The quantitative estimate of drug-likeness (QED) is 0.455. The molecule has 88 valence electrons. The van der Waals surface area contributed by atoms with E-state index in [4.69, 9.17) is 0 Å². The summed E-state index contributed by atoms with van der Waals surface area (Å²) in [6, 6.07) is 0. The molecule has 6 heteroatoms. The minimum absolute atomic E-state index is 0.0499. The molecule has 0 bridgehead atoms. The average molecular weight is 224 g/mol. The Labute approximate surface area is 93.8 Å². The number of nitrogens with one attached hydrogen (secondary N) is 1. The molecule has 1 aromatic rings. The second-order valence-electron chi connectivity index (χ2n) is 4.31. The molecular formula is C10H16N4O2. The van der Waals surface area contributed by atoms with E-state index in [-0.39, 0.29) is 5.69 Å². The van der Waals surface area contributed by atoms with Gasteiger partial charge in [-0.25, -0.2) is 0 Å². The first kappa shape index (κ1) is 10.9. The Morgan fingerprint density at radius 3 is 3.06 bits per heavy atom. The fraction of sp³-hybridized carbons (Fsp3) is 0.700. The number of aryl methyl sites for hydroxylation is 1. The topological polar surface area (TPSA) is 73.0 Å². The summed E-state index contributed by atoms with van der Waals surface area (Å²) in [6.45, 7) is 0.758. The maximum absolute atomic E-state index is 10.7. The van der Waals surface area contributed by atoms with Gasteiger partial charge in [0.2, 0.25) is 5.82 Å². The number of nitro groups is 1. The Morgan fingerprint density at radius 1 is 1.69 bits per heavy atom. The summed E-state index contributed by atoms with van der Waals surface area (Å²) < 4.78 is 1.46. The molecule has 1 N–H and O–H groups in total. The highest BCUT2D eigenvalue weighted by Crippen LogP contribution is 2.33. The predicted molar refractivity (Wildman–Crippen MR) is 60.3 cm³/mol. The molecule has 0 amide bonds. The lowest BCUT2D eigenvalue weighted by molar-refractivity contribution is -0.384. The van der Waals surface area contributed by atoms with Crippen LogP contribution in [0.4, 0.5) is 11.5 Å². The summed E-state index contributed by atoms with van der Waals surface area (Å²) >= 11 is 0. The number of anilines is 1. The number of nitrogens with zero attached hydrogens (tertiary/aromatic N) is 3. The van der Waals surface area contributed by atoms with E-state index in [1.165, 1.54) is 30.1 Å². The molecule has 6 nitrogen and oxygen atoms in total. The van der Waals surface area contributed by atoms with Crippen LogP contribution in [-0.4, -0.2) is 21.2 Å². The molecule has 0 radical (unpaired) electrons. The fourth-order valence-corrected chi connectivity index (χ4v) is 1.74. The van der Waals surface area contributed by atoms with Crippen LogP contribution in [-0.2, 0) is 7.05 Å². The summed E-state index contributed by atoms with van der Waals surface area (Å²) in [7, 11) is 1.68. The van der Waals surface area contributed by atoms with Gasteiger partial charge in [-0.05, 0) is 18.8 Å². The Morgan fingerprint density at radius 2 is 2.44 bits per heavy atom. The zero-order valence-electron chi connectivity index (χ0n) is 9.35. The van der Waals surface area contributed by atoms with Crippen LogP contribution in [0.1, 0.15) is 25.7 Å². The van der Waals surface area contributed by atoms with Crippen LogP contribution < -0.4 is 5.32 Å². The highest BCUT2D eigenvalue weighted by Gasteiger charge is 2.21. The Kier molecular flexibility index (Phi) is 3.07.